The summed E-state index contributed by atoms with van der Waals surface area (Å²) in [4.78, 5) is 38.9. The van der Waals surface area contributed by atoms with Crippen molar-refractivity contribution in [2.75, 3.05) is 24.8 Å². The number of hydrogen-bond donors (Lipinski definition) is 3. The molecule has 204 valence electrons. The van der Waals surface area contributed by atoms with Crippen LogP contribution in [0.5, 0.6) is 5.88 Å². The highest BCUT2D eigenvalue weighted by atomic mass is 35.5. The van der Waals surface area contributed by atoms with Crippen LogP contribution in [0, 0.1) is 5.41 Å². The van der Waals surface area contributed by atoms with Crippen LogP contribution in [0.3, 0.4) is 0 Å². The normalized spacial score (nSPS) is 10.9. The number of hydrogen-bond acceptors (Lipinski definition) is 7. The predicted octanol–water partition coefficient (Wildman–Crippen LogP) is 5.73. The molecule has 0 bridgehead atoms. The zero-order valence-electron chi connectivity index (χ0n) is 22.3. The summed E-state index contributed by atoms with van der Waals surface area (Å²) in [6.07, 6.45) is 1.63. The van der Waals surface area contributed by atoms with E-state index in [4.69, 9.17) is 21.3 Å². The van der Waals surface area contributed by atoms with E-state index >= 15 is 0 Å². The first-order valence-electron chi connectivity index (χ1n) is 12.0. The highest BCUT2D eigenvalue weighted by Gasteiger charge is 2.21. The summed E-state index contributed by atoms with van der Waals surface area (Å²) in [5.41, 5.74) is 2.48. The maximum Gasteiger partial charge on any atom is 0.257 e. The van der Waals surface area contributed by atoms with Gasteiger partial charge in [0.05, 0.1) is 23.2 Å². The second kappa shape index (κ2) is 12.3. The Morgan fingerprint density at radius 3 is 2.49 bits per heavy atom. The quantitative estimate of drug-likeness (QED) is 0.260. The Morgan fingerprint density at radius 2 is 1.79 bits per heavy atom. The van der Waals surface area contributed by atoms with Crippen LogP contribution in [-0.4, -0.2) is 40.9 Å². The predicted molar refractivity (Wildman–Crippen MR) is 157 cm³/mol. The van der Waals surface area contributed by atoms with Crippen LogP contribution in [0.15, 0.2) is 54.7 Å². The molecule has 0 spiro atoms. The van der Waals surface area contributed by atoms with Gasteiger partial charge in [-0.15, -0.1) is 12.4 Å². The SMILES string of the molecule is CNc1nc(-c2ccnc(OC)c2)nc2cc(NC(=O)c3cc(CNC(=O)C(C)(C)C)ccc3Cl)ccc12.Cl. The van der Waals surface area contributed by atoms with Crippen molar-refractivity contribution < 1.29 is 14.3 Å². The molecule has 0 saturated carbocycles. The molecule has 2 aromatic carbocycles. The number of halogens is 2. The number of amides is 2. The van der Waals surface area contributed by atoms with Gasteiger partial charge in [-0.1, -0.05) is 38.4 Å². The van der Waals surface area contributed by atoms with E-state index in [0.717, 1.165) is 16.5 Å². The summed E-state index contributed by atoms with van der Waals surface area (Å²) >= 11 is 6.35. The summed E-state index contributed by atoms with van der Waals surface area (Å²) in [6, 6.07) is 14.1. The molecule has 0 saturated heterocycles. The molecule has 0 aliphatic rings. The molecule has 4 rings (SSSR count). The van der Waals surface area contributed by atoms with E-state index in [0.29, 0.717) is 39.3 Å². The van der Waals surface area contributed by atoms with E-state index in [1.165, 1.54) is 0 Å². The fourth-order valence-electron chi connectivity index (χ4n) is 3.69. The summed E-state index contributed by atoms with van der Waals surface area (Å²) in [7, 11) is 3.33. The average Bonchev–Trinajstić information content (AvgIpc) is 2.90. The number of carbonyl (C=O) groups is 2. The number of nitrogens with one attached hydrogen (secondary N) is 3. The molecule has 0 atom stereocenters. The molecule has 0 aliphatic carbocycles. The van der Waals surface area contributed by atoms with Crippen molar-refractivity contribution in [1.82, 2.24) is 20.3 Å². The van der Waals surface area contributed by atoms with Crippen molar-refractivity contribution in [2.45, 2.75) is 27.3 Å². The van der Waals surface area contributed by atoms with Crippen LogP contribution >= 0.6 is 24.0 Å². The summed E-state index contributed by atoms with van der Waals surface area (Å²) in [5, 5.41) is 10.00. The fourth-order valence-corrected chi connectivity index (χ4v) is 3.89. The molecule has 0 fully saturated rings. The molecule has 0 unspecified atom stereocenters. The number of nitrogens with zero attached hydrogens (tertiary/aromatic N) is 3. The van der Waals surface area contributed by atoms with E-state index in [1.807, 2.05) is 26.8 Å². The van der Waals surface area contributed by atoms with Gasteiger partial charge in [-0.05, 0) is 42.0 Å². The van der Waals surface area contributed by atoms with Crippen molar-refractivity contribution in [3.8, 4) is 17.3 Å². The largest absolute Gasteiger partial charge is 0.481 e. The van der Waals surface area contributed by atoms with Crippen LogP contribution in [0.2, 0.25) is 5.02 Å². The summed E-state index contributed by atoms with van der Waals surface area (Å²) in [5.74, 6) is 1.13. The second-order valence-electron chi connectivity index (χ2n) is 9.67. The van der Waals surface area contributed by atoms with Crippen molar-refractivity contribution in [3.63, 3.8) is 0 Å². The van der Waals surface area contributed by atoms with Gasteiger partial charge in [0.25, 0.3) is 5.91 Å². The van der Waals surface area contributed by atoms with Crippen LogP contribution in [-0.2, 0) is 11.3 Å². The van der Waals surface area contributed by atoms with E-state index in [1.54, 1.807) is 62.8 Å². The average molecular weight is 569 g/mol. The lowest BCUT2D eigenvalue weighted by Crippen LogP contribution is -2.34. The van der Waals surface area contributed by atoms with Gasteiger partial charge < -0.3 is 20.7 Å². The first-order valence-corrected chi connectivity index (χ1v) is 12.3. The number of methoxy groups -OCH3 is 1. The monoisotopic (exact) mass is 568 g/mol. The van der Waals surface area contributed by atoms with Crippen LogP contribution in [0.1, 0.15) is 36.7 Å². The van der Waals surface area contributed by atoms with Gasteiger partial charge in [0, 0.05) is 47.9 Å². The number of benzene rings is 2. The van der Waals surface area contributed by atoms with Crippen molar-refractivity contribution in [3.05, 3.63) is 70.9 Å². The lowest BCUT2D eigenvalue weighted by Gasteiger charge is -2.18. The van der Waals surface area contributed by atoms with Gasteiger partial charge >= 0.3 is 0 Å². The van der Waals surface area contributed by atoms with E-state index in [9.17, 15) is 9.59 Å². The van der Waals surface area contributed by atoms with Gasteiger partial charge in [-0.3, -0.25) is 9.59 Å². The summed E-state index contributed by atoms with van der Waals surface area (Å²) in [6.45, 7) is 5.81. The van der Waals surface area contributed by atoms with Gasteiger partial charge in [0.15, 0.2) is 5.82 Å². The van der Waals surface area contributed by atoms with Gasteiger partial charge in [-0.25, -0.2) is 15.0 Å². The minimum absolute atomic E-state index is 0. The first kappa shape index (κ1) is 29.6. The van der Waals surface area contributed by atoms with Crippen LogP contribution < -0.4 is 20.7 Å². The zero-order chi connectivity index (χ0) is 27.4. The van der Waals surface area contributed by atoms with Gasteiger partial charge in [0.1, 0.15) is 5.82 Å². The minimum atomic E-state index is -0.511. The maximum atomic E-state index is 13.2. The molecule has 2 aromatic heterocycles. The van der Waals surface area contributed by atoms with Crippen molar-refractivity contribution in [1.29, 1.82) is 0 Å². The Balaban J connectivity index is 0.00000420. The number of aromatic nitrogens is 3. The molecular formula is C28H30Cl2N6O3. The topological polar surface area (TPSA) is 118 Å². The lowest BCUT2D eigenvalue weighted by molar-refractivity contribution is -0.128. The fraction of sp³-hybridized carbons (Fsp3) is 0.250. The molecule has 9 nitrogen and oxygen atoms in total. The molecule has 4 aromatic rings. The molecule has 2 amide bonds. The first-order chi connectivity index (χ1) is 18.1. The number of pyridine rings is 1. The molecule has 11 heteroatoms. The van der Waals surface area contributed by atoms with Crippen LogP contribution in [0.4, 0.5) is 11.5 Å². The van der Waals surface area contributed by atoms with Gasteiger partial charge in [0.2, 0.25) is 11.8 Å². The standard InChI is InChI=1S/C28H29ClN6O3.ClH/c1-28(2,3)27(37)32-15-16-6-9-21(29)20(12-16)26(36)33-18-7-8-19-22(14-18)34-24(35-25(19)30-4)17-10-11-31-23(13-17)38-5;/h6-14H,15H2,1-5H3,(H,32,37)(H,33,36)(H,30,34,35);1H. The molecule has 2 heterocycles. The number of carbonyl (C=O) groups excluding carboxylic acids is 2. The lowest BCUT2D eigenvalue weighted by atomic mass is 9.95. The molecule has 39 heavy (non-hydrogen) atoms. The number of ether oxygens (including phenoxy) is 1. The third-order valence-electron chi connectivity index (χ3n) is 5.80. The number of rotatable bonds is 7. The third kappa shape index (κ3) is 6.93. The van der Waals surface area contributed by atoms with Crippen LogP contribution in [0.25, 0.3) is 22.3 Å². The van der Waals surface area contributed by atoms with E-state index < -0.39 is 5.41 Å². The number of anilines is 2. The summed E-state index contributed by atoms with van der Waals surface area (Å²) < 4.78 is 5.22. The molecule has 0 radical (unpaired) electrons. The van der Waals surface area contributed by atoms with E-state index in [2.05, 4.69) is 25.9 Å². The third-order valence-corrected chi connectivity index (χ3v) is 6.13. The molecule has 3 N–H and O–H groups in total. The highest BCUT2D eigenvalue weighted by molar-refractivity contribution is 6.34. The van der Waals surface area contributed by atoms with Gasteiger partial charge in [-0.2, -0.15) is 0 Å². The Kier molecular flexibility index (Phi) is 9.32. The zero-order valence-corrected chi connectivity index (χ0v) is 23.8. The molecule has 0 aliphatic heterocycles. The maximum absolute atomic E-state index is 13.2. The Morgan fingerprint density at radius 1 is 1.03 bits per heavy atom. The van der Waals surface area contributed by atoms with E-state index in [-0.39, 0.29) is 30.8 Å². The number of fused-ring (bicyclic) bond motifs is 1. The highest BCUT2D eigenvalue weighted by Crippen LogP contribution is 2.28. The Bertz CT molecular complexity index is 1520. The Labute approximate surface area is 238 Å². The minimum Gasteiger partial charge on any atom is -0.481 e. The van der Waals surface area contributed by atoms with Crippen molar-refractivity contribution >= 4 is 58.2 Å². The van der Waals surface area contributed by atoms with Crippen molar-refractivity contribution in [2.24, 2.45) is 5.41 Å². The Hall–Kier alpha value is -3.95. The smallest absolute Gasteiger partial charge is 0.257 e. The second-order valence-corrected chi connectivity index (χ2v) is 10.1. The molecular weight excluding hydrogens is 539 g/mol.